The number of allylic oxidation sites excluding steroid dienone is 3. The van der Waals surface area contributed by atoms with Crippen molar-refractivity contribution in [3.63, 3.8) is 0 Å². The third-order valence-electron chi connectivity index (χ3n) is 6.86. The summed E-state index contributed by atoms with van der Waals surface area (Å²) in [6.45, 7) is 10.6. The van der Waals surface area contributed by atoms with Gasteiger partial charge in [-0.1, -0.05) is 51.1 Å². The normalized spacial score (nSPS) is 30.0. The summed E-state index contributed by atoms with van der Waals surface area (Å²) in [6, 6.07) is 5.78. The van der Waals surface area contributed by atoms with Crippen LogP contribution in [0.15, 0.2) is 54.2 Å². The fraction of sp³-hybridized carbons (Fsp3) is 0.567. The number of aliphatic hydroxyl groups is 3. The highest BCUT2D eigenvalue weighted by atomic mass is 16.6. The van der Waals surface area contributed by atoms with E-state index in [9.17, 15) is 24.9 Å². The van der Waals surface area contributed by atoms with Crippen molar-refractivity contribution in [3.05, 3.63) is 65.5 Å². The van der Waals surface area contributed by atoms with Gasteiger partial charge in [0.25, 0.3) is 0 Å². The van der Waals surface area contributed by atoms with E-state index in [1.54, 1.807) is 19.1 Å². The molecule has 210 valence electrons. The second-order valence-electron chi connectivity index (χ2n) is 10.6. The summed E-state index contributed by atoms with van der Waals surface area (Å²) in [5.41, 5.74) is 1.10. The number of rotatable bonds is 7. The Morgan fingerprint density at radius 2 is 1.95 bits per heavy atom. The van der Waals surface area contributed by atoms with Gasteiger partial charge in [0.2, 0.25) is 0 Å². The van der Waals surface area contributed by atoms with E-state index in [4.69, 9.17) is 9.47 Å². The average Bonchev–Trinajstić information content (AvgIpc) is 2.86. The Hall–Kier alpha value is -2.81. The first-order chi connectivity index (χ1) is 17.8. The van der Waals surface area contributed by atoms with Crippen LogP contribution in [0.5, 0.6) is 0 Å². The maximum absolute atomic E-state index is 12.6. The molecule has 8 heteroatoms. The molecule has 0 saturated heterocycles. The highest BCUT2D eigenvalue weighted by molar-refractivity contribution is 5.70. The maximum Gasteiger partial charge on any atom is 0.309 e. The third kappa shape index (κ3) is 9.49. The molecule has 0 aromatic carbocycles. The zero-order chi connectivity index (χ0) is 28.5. The van der Waals surface area contributed by atoms with Crippen molar-refractivity contribution in [3.8, 4) is 0 Å². The molecule has 0 amide bonds. The van der Waals surface area contributed by atoms with Crippen LogP contribution in [-0.4, -0.2) is 62.8 Å². The minimum absolute atomic E-state index is 0.0166. The van der Waals surface area contributed by atoms with Crippen molar-refractivity contribution in [2.24, 2.45) is 5.92 Å². The predicted octanol–water partition coefficient (Wildman–Crippen LogP) is 4.12. The van der Waals surface area contributed by atoms with Gasteiger partial charge >= 0.3 is 11.9 Å². The molecule has 8 nitrogen and oxygen atoms in total. The number of ether oxygens (including phenoxy) is 2. The Morgan fingerprint density at radius 3 is 2.61 bits per heavy atom. The number of carbonyl (C=O) groups excluding carboxylic acids is 2. The molecule has 2 unspecified atom stereocenters. The lowest BCUT2D eigenvalue weighted by atomic mass is 9.88. The van der Waals surface area contributed by atoms with Crippen molar-refractivity contribution in [1.82, 2.24) is 4.98 Å². The van der Waals surface area contributed by atoms with Gasteiger partial charge in [-0.25, -0.2) is 0 Å². The molecule has 3 N–H and O–H groups in total. The number of carbonyl (C=O) groups is 2. The number of hydrogen-bond acceptors (Lipinski definition) is 8. The van der Waals surface area contributed by atoms with Gasteiger partial charge in [-0.2, -0.15) is 0 Å². The first kappa shape index (κ1) is 31.4. The highest BCUT2D eigenvalue weighted by Gasteiger charge is 2.35. The van der Waals surface area contributed by atoms with Crippen molar-refractivity contribution < 1.29 is 34.4 Å². The summed E-state index contributed by atoms with van der Waals surface area (Å²) < 4.78 is 11.1. The lowest BCUT2D eigenvalue weighted by Gasteiger charge is -2.32. The molecule has 38 heavy (non-hydrogen) atoms. The first-order valence-electron chi connectivity index (χ1n) is 13.2. The Labute approximate surface area is 226 Å². The van der Waals surface area contributed by atoms with Crippen LogP contribution in [0.3, 0.4) is 0 Å². The molecule has 1 aromatic heterocycles. The first-order valence-corrected chi connectivity index (χ1v) is 13.2. The van der Waals surface area contributed by atoms with Gasteiger partial charge in [0.05, 0.1) is 19.1 Å². The fourth-order valence-corrected chi connectivity index (χ4v) is 4.29. The quantitative estimate of drug-likeness (QED) is 0.274. The molecular weight excluding hydrogens is 486 g/mol. The van der Waals surface area contributed by atoms with E-state index in [-0.39, 0.29) is 43.6 Å². The molecular formula is C30H43NO7. The monoisotopic (exact) mass is 529 g/mol. The van der Waals surface area contributed by atoms with Crippen LogP contribution in [0.1, 0.15) is 84.0 Å². The zero-order valence-corrected chi connectivity index (χ0v) is 23.3. The summed E-state index contributed by atoms with van der Waals surface area (Å²) in [6.07, 6.45) is 6.73. The largest absolute Gasteiger partial charge is 0.457 e. The van der Waals surface area contributed by atoms with Crippen molar-refractivity contribution in [1.29, 1.82) is 0 Å². The van der Waals surface area contributed by atoms with Gasteiger partial charge in [0.15, 0.2) is 0 Å². The Morgan fingerprint density at radius 1 is 1.26 bits per heavy atom. The van der Waals surface area contributed by atoms with Gasteiger partial charge in [-0.15, -0.1) is 0 Å². The van der Waals surface area contributed by atoms with Gasteiger partial charge in [-0.05, 0) is 50.5 Å². The second-order valence-corrected chi connectivity index (χ2v) is 10.6. The van der Waals surface area contributed by atoms with Crippen LogP contribution in [-0.2, 0) is 19.1 Å². The van der Waals surface area contributed by atoms with E-state index in [1.807, 2.05) is 64.1 Å². The Bertz CT molecular complexity index is 1030. The third-order valence-corrected chi connectivity index (χ3v) is 6.86. The number of hydrogen-bond donors (Lipinski definition) is 3. The summed E-state index contributed by atoms with van der Waals surface area (Å²) in [5.74, 6) is -1.37. The standard InChI is InChI=1S/C30H43NO7/c1-19(25-11-8-12-26(31-25)22(4)18-32)9-7-10-20(2)29-21(3)13-14-27(37-23(5)33)30(6,36)16-15-24(34)17-28(35)38-29/h7-14,19,21-22,24,27,29,32,34,36H,15-18H2,1-6H3/b9-7+,14-13+,20-10+/t19?,21-,22?,24-,27-,29+,30-/m0/s1. The van der Waals surface area contributed by atoms with E-state index >= 15 is 0 Å². The molecule has 0 saturated carbocycles. The van der Waals surface area contributed by atoms with E-state index < -0.39 is 35.9 Å². The van der Waals surface area contributed by atoms with Gasteiger partial charge in [-0.3, -0.25) is 14.6 Å². The summed E-state index contributed by atoms with van der Waals surface area (Å²) in [7, 11) is 0. The SMILES string of the molecule is CC(=O)O[C@H]1/C=C/[C@H](C)[C@@H](/C(C)=C/C=C/C(C)c2cccc(C(C)CO)n2)OC(=O)C[C@@H](O)CC[C@]1(C)O. The van der Waals surface area contributed by atoms with Gasteiger partial charge in [0, 0.05) is 36.1 Å². The smallest absolute Gasteiger partial charge is 0.309 e. The molecule has 0 fully saturated rings. The number of aliphatic hydroxyl groups excluding tert-OH is 2. The molecule has 1 aliphatic rings. The lowest BCUT2D eigenvalue weighted by molar-refractivity contribution is -0.157. The van der Waals surface area contributed by atoms with Crippen LogP contribution in [0.4, 0.5) is 0 Å². The Kier molecular flexibility index (Phi) is 11.9. The van der Waals surface area contributed by atoms with Crippen LogP contribution in [0.25, 0.3) is 0 Å². The zero-order valence-electron chi connectivity index (χ0n) is 23.3. The molecule has 2 rings (SSSR count). The average molecular weight is 530 g/mol. The second kappa shape index (κ2) is 14.4. The summed E-state index contributed by atoms with van der Waals surface area (Å²) in [4.78, 5) is 28.9. The molecule has 1 aliphatic heterocycles. The highest BCUT2D eigenvalue weighted by Crippen LogP contribution is 2.27. The predicted molar refractivity (Wildman–Crippen MR) is 145 cm³/mol. The van der Waals surface area contributed by atoms with Crippen molar-refractivity contribution in [2.75, 3.05) is 6.61 Å². The fourth-order valence-electron chi connectivity index (χ4n) is 4.29. The van der Waals surface area contributed by atoms with Crippen LogP contribution >= 0.6 is 0 Å². The molecule has 0 aliphatic carbocycles. The molecule has 7 atom stereocenters. The Balaban J connectivity index is 2.29. The van der Waals surface area contributed by atoms with Gasteiger partial charge < -0.3 is 24.8 Å². The minimum atomic E-state index is -1.41. The molecule has 2 heterocycles. The van der Waals surface area contributed by atoms with Crippen LogP contribution in [0, 0.1) is 5.92 Å². The maximum atomic E-state index is 12.6. The van der Waals surface area contributed by atoms with Crippen molar-refractivity contribution >= 4 is 11.9 Å². The number of cyclic esters (lactones) is 1. The summed E-state index contributed by atoms with van der Waals surface area (Å²) >= 11 is 0. The van der Waals surface area contributed by atoms with E-state index in [0.717, 1.165) is 17.0 Å². The minimum Gasteiger partial charge on any atom is -0.457 e. The van der Waals surface area contributed by atoms with E-state index in [1.165, 1.54) is 6.92 Å². The van der Waals surface area contributed by atoms with Crippen LogP contribution in [0.2, 0.25) is 0 Å². The topological polar surface area (TPSA) is 126 Å². The van der Waals surface area contributed by atoms with Crippen LogP contribution < -0.4 is 0 Å². The number of nitrogens with zero attached hydrogens (tertiary/aromatic N) is 1. The number of esters is 2. The lowest BCUT2D eigenvalue weighted by Crippen LogP contribution is -2.42. The molecule has 0 spiro atoms. The van der Waals surface area contributed by atoms with Crippen molar-refractivity contribution in [2.45, 2.75) is 96.6 Å². The number of aromatic nitrogens is 1. The number of pyridine rings is 1. The van der Waals surface area contributed by atoms with E-state index in [0.29, 0.717) is 0 Å². The summed E-state index contributed by atoms with van der Waals surface area (Å²) in [5, 5.41) is 30.7. The van der Waals surface area contributed by atoms with E-state index in [2.05, 4.69) is 4.98 Å². The van der Waals surface area contributed by atoms with Gasteiger partial charge in [0.1, 0.15) is 17.8 Å². The molecule has 0 bridgehead atoms. The molecule has 0 radical (unpaired) electrons. The molecule has 1 aromatic rings.